The Morgan fingerprint density at radius 3 is 2.88 bits per heavy atom. The summed E-state index contributed by atoms with van der Waals surface area (Å²) in [6.07, 6.45) is 1.21. The Morgan fingerprint density at radius 2 is 2.38 bits per heavy atom. The largest absolute Gasteiger partial charge is 0.258 e. The molecular formula is C4H11BNS2. The third-order valence-corrected chi connectivity index (χ3v) is 2.67. The van der Waals surface area contributed by atoms with E-state index in [0.717, 1.165) is 0 Å². The number of hydrogen-bond donors (Lipinski definition) is 1. The molecule has 0 unspecified atom stereocenters. The molecule has 0 aromatic rings. The van der Waals surface area contributed by atoms with Gasteiger partial charge in [-0.2, -0.15) is 0 Å². The van der Waals surface area contributed by atoms with Gasteiger partial charge in [0.05, 0.1) is 0 Å². The highest BCUT2D eigenvalue weighted by molar-refractivity contribution is 8.76. The van der Waals surface area contributed by atoms with Crippen LogP contribution in [0.1, 0.15) is 0 Å². The Hall–Kier alpha value is 0.725. The van der Waals surface area contributed by atoms with Crippen LogP contribution in [-0.4, -0.2) is 20.1 Å². The molecule has 0 aliphatic heterocycles. The number of rotatable bonds is 5. The van der Waals surface area contributed by atoms with E-state index in [0.29, 0.717) is 0 Å². The smallest absolute Gasteiger partial charge is 0.106 e. The predicted octanol–water partition coefficient (Wildman–Crippen LogP) is 1.67. The van der Waals surface area contributed by atoms with Crippen LogP contribution < -0.4 is 4.72 Å². The zero-order valence-electron chi connectivity index (χ0n) is 5.31. The van der Waals surface area contributed by atoms with Gasteiger partial charge in [0.2, 0.25) is 0 Å². The SMILES string of the molecule is C[B]CCSSNC. The predicted molar refractivity (Wildman–Crippen MR) is 45.5 cm³/mol. The lowest BCUT2D eigenvalue weighted by molar-refractivity contribution is 1.31. The lowest BCUT2D eigenvalue weighted by atomic mass is 9.79. The average molecular weight is 148 g/mol. The summed E-state index contributed by atoms with van der Waals surface area (Å²) in [4.78, 5) is 0. The molecule has 1 nitrogen and oxygen atoms in total. The Balaban J connectivity index is 2.53. The van der Waals surface area contributed by atoms with Crippen molar-refractivity contribution in [1.29, 1.82) is 0 Å². The molecule has 8 heavy (non-hydrogen) atoms. The van der Waals surface area contributed by atoms with E-state index in [-0.39, 0.29) is 0 Å². The van der Waals surface area contributed by atoms with E-state index >= 15 is 0 Å². The monoisotopic (exact) mass is 148 g/mol. The highest BCUT2D eigenvalue weighted by Gasteiger charge is 1.84. The molecule has 47 valence electrons. The molecule has 0 spiro atoms. The highest BCUT2D eigenvalue weighted by atomic mass is 33.1. The fourth-order valence-corrected chi connectivity index (χ4v) is 1.69. The molecule has 0 aliphatic carbocycles. The van der Waals surface area contributed by atoms with E-state index < -0.39 is 0 Å². The molecule has 4 heteroatoms. The summed E-state index contributed by atoms with van der Waals surface area (Å²) >= 11 is 0. The van der Waals surface area contributed by atoms with Gasteiger partial charge in [-0.05, 0) is 23.8 Å². The van der Waals surface area contributed by atoms with Crippen molar-refractivity contribution < 1.29 is 0 Å². The van der Waals surface area contributed by atoms with Gasteiger partial charge in [0, 0.05) is 0 Å². The number of hydrogen-bond acceptors (Lipinski definition) is 3. The van der Waals surface area contributed by atoms with Crippen LogP contribution in [0, 0.1) is 0 Å². The maximum Gasteiger partial charge on any atom is 0.106 e. The van der Waals surface area contributed by atoms with Gasteiger partial charge in [-0.15, -0.1) is 0 Å². The summed E-state index contributed by atoms with van der Waals surface area (Å²) in [5.41, 5.74) is 0. The second-order valence-corrected chi connectivity index (χ2v) is 3.73. The molecule has 0 rings (SSSR count). The minimum atomic E-state index is 1.21. The maximum atomic E-state index is 2.99. The lowest BCUT2D eigenvalue weighted by Crippen LogP contribution is -1.88. The summed E-state index contributed by atoms with van der Waals surface area (Å²) in [5, 5.41) is 0. The first kappa shape index (κ1) is 8.72. The zero-order valence-corrected chi connectivity index (χ0v) is 6.94. The molecule has 0 aliphatic rings. The lowest BCUT2D eigenvalue weighted by Gasteiger charge is -1.93. The van der Waals surface area contributed by atoms with Gasteiger partial charge in [-0.25, -0.2) is 0 Å². The Labute approximate surface area is 60.2 Å². The van der Waals surface area contributed by atoms with E-state index in [2.05, 4.69) is 18.8 Å². The topological polar surface area (TPSA) is 12.0 Å². The van der Waals surface area contributed by atoms with Crippen LogP contribution in [0.5, 0.6) is 0 Å². The van der Waals surface area contributed by atoms with Crippen molar-refractivity contribution in [2.45, 2.75) is 13.1 Å². The van der Waals surface area contributed by atoms with E-state index in [1.54, 1.807) is 11.0 Å². The molecule has 0 fully saturated rings. The first-order chi connectivity index (χ1) is 3.91. The normalized spacial score (nSPS) is 9.25. The minimum absolute atomic E-state index is 1.21. The molecular weight excluding hydrogens is 137 g/mol. The molecule has 0 saturated carbocycles. The van der Waals surface area contributed by atoms with Gasteiger partial charge in [0.25, 0.3) is 0 Å². The van der Waals surface area contributed by atoms with E-state index in [4.69, 9.17) is 0 Å². The van der Waals surface area contributed by atoms with Crippen molar-refractivity contribution in [3.63, 3.8) is 0 Å². The first-order valence-corrected chi connectivity index (χ1v) is 4.96. The highest BCUT2D eigenvalue weighted by Crippen LogP contribution is 2.16. The standard InChI is InChI=1S/C4H11BNS2/c1-5-3-4-7-8-6-2/h6H,3-4H2,1-2H3. The summed E-state index contributed by atoms with van der Waals surface area (Å²) in [7, 11) is 7.67. The van der Waals surface area contributed by atoms with Crippen LogP contribution in [0.2, 0.25) is 13.1 Å². The van der Waals surface area contributed by atoms with Crippen LogP contribution >= 0.6 is 21.8 Å². The Morgan fingerprint density at radius 1 is 1.62 bits per heavy atom. The molecule has 0 aromatic carbocycles. The summed E-state index contributed by atoms with van der Waals surface area (Å²) in [6.45, 7) is 2.09. The molecule has 1 N–H and O–H groups in total. The van der Waals surface area contributed by atoms with Gasteiger partial charge in [0.1, 0.15) is 7.28 Å². The van der Waals surface area contributed by atoms with Crippen LogP contribution in [0.4, 0.5) is 0 Å². The van der Waals surface area contributed by atoms with E-state index in [1.165, 1.54) is 12.1 Å². The molecule has 0 amide bonds. The van der Waals surface area contributed by atoms with Gasteiger partial charge in [0.15, 0.2) is 0 Å². The van der Waals surface area contributed by atoms with Crippen molar-refractivity contribution in [2.24, 2.45) is 0 Å². The van der Waals surface area contributed by atoms with Gasteiger partial charge in [-0.3, -0.25) is 4.72 Å². The van der Waals surface area contributed by atoms with Crippen molar-refractivity contribution >= 4 is 29.1 Å². The fraction of sp³-hybridized carbons (Fsp3) is 1.00. The van der Waals surface area contributed by atoms with Crippen LogP contribution in [0.3, 0.4) is 0 Å². The van der Waals surface area contributed by atoms with E-state index in [1.807, 2.05) is 17.8 Å². The van der Waals surface area contributed by atoms with Crippen molar-refractivity contribution in [2.75, 3.05) is 12.8 Å². The second kappa shape index (κ2) is 7.72. The summed E-state index contributed by atoms with van der Waals surface area (Å²) in [5.74, 6) is 1.21. The first-order valence-electron chi connectivity index (χ1n) is 2.65. The van der Waals surface area contributed by atoms with Gasteiger partial charge >= 0.3 is 0 Å². The zero-order chi connectivity index (χ0) is 6.24. The van der Waals surface area contributed by atoms with Gasteiger partial charge < -0.3 is 0 Å². The molecule has 0 saturated heterocycles. The number of nitrogens with one attached hydrogen (secondary N) is 1. The molecule has 0 aromatic heterocycles. The van der Waals surface area contributed by atoms with Crippen molar-refractivity contribution in [3.05, 3.63) is 0 Å². The van der Waals surface area contributed by atoms with Crippen LogP contribution in [0.25, 0.3) is 0 Å². The molecule has 0 bridgehead atoms. The van der Waals surface area contributed by atoms with Crippen LogP contribution in [-0.2, 0) is 0 Å². The third kappa shape index (κ3) is 6.72. The summed E-state index contributed by atoms with van der Waals surface area (Å²) < 4.78 is 2.99. The van der Waals surface area contributed by atoms with Crippen molar-refractivity contribution in [1.82, 2.24) is 4.72 Å². The van der Waals surface area contributed by atoms with E-state index in [9.17, 15) is 0 Å². The molecule has 0 heterocycles. The quantitative estimate of drug-likeness (QED) is 0.275. The molecule has 0 atom stereocenters. The van der Waals surface area contributed by atoms with Gasteiger partial charge in [-0.1, -0.05) is 23.9 Å². The Kier molecular flexibility index (Phi) is 8.42. The summed E-state index contributed by atoms with van der Waals surface area (Å²) in [6, 6.07) is 0. The second-order valence-electron chi connectivity index (χ2n) is 1.31. The maximum absolute atomic E-state index is 2.99. The fourth-order valence-electron chi connectivity index (χ4n) is 0.267. The minimum Gasteiger partial charge on any atom is -0.258 e. The molecule has 1 radical (unpaired) electrons. The average Bonchev–Trinajstić information content (AvgIpc) is 1.81. The Bertz CT molecular complexity index is 39.0. The third-order valence-electron chi connectivity index (χ3n) is 0.632. The van der Waals surface area contributed by atoms with Crippen LogP contribution in [0.15, 0.2) is 0 Å². The van der Waals surface area contributed by atoms with Crippen molar-refractivity contribution in [3.8, 4) is 0 Å².